The van der Waals surface area contributed by atoms with E-state index in [2.05, 4.69) is 11.1 Å². The van der Waals surface area contributed by atoms with Gasteiger partial charge in [-0.25, -0.2) is 0 Å². The second kappa shape index (κ2) is 4.73. The summed E-state index contributed by atoms with van der Waals surface area (Å²) in [5.41, 5.74) is 4.29. The Labute approximate surface area is 112 Å². The number of phenolic OH excluding ortho intramolecular Hbond substituents is 1. The molecule has 0 radical (unpaired) electrons. The minimum atomic E-state index is 0.353. The SMILES string of the molecule is Cc1ccc(O)c(Cc2ccnc3ccccc23)c1. The molecule has 0 aliphatic rings. The Morgan fingerprint density at radius 1 is 1.00 bits per heavy atom. The molecule has 0 saturated heterocycles. The Hall–Kier alpha value is -2.35. The standard InChI is InChI=1S/C17H15NO/c1-12-6-7-17(19)14(10-12)11-13-8-9-18-16-5-3-2-4-15(13)16/h2-10,19H,11H2,1H3. The average Bonchev–Trinajstić information content (AvgIpc) is 2.43. The van der Waals surface area contributed by atoms with Gasteiger partial charge in [0.15, 0.2) is 0 Å². The Bertz CT molecular complexity index is 729. The molecule has 0 bridgehead atoms. The van der Waals surface area contributed by atoms with Crippen LogP contribution in [0.2, 0.25) is 0 Å². The van der Waals surface area contributed by atoms with E-state index < -0.39 is 0 Å². The largest absolute Gasteiger partial charge is 0.508 e. The van der Waals surface area contributed by atoms with Gasteiger partial charge in [0.25, 0.3) is 0 Å². The van der Waals surface area contributed by atoms with Gasteiger partial charge in [-0.05, 0) is 36.2 Å². The summed E-state index contributed by atoms with van der Waals surface area (Å²) >= 11 is 0. The molecule has 3 rings (SSSR count). The number of fused-ring (bicyclic) bond motifs is 1. The second-order valence-electron chi connectivity index (χ2n) is 4.80. The van der Waals surface area contributed by atoms with E-state index >= 15 is 0 Å². The lowest BCUT2D eigenvalue weighted by Crippen LogP contribution is -1.92. The molecule has 1 heterocycles. The van der Waals surface area contributed by atoms with Crippen LogP contribution in [0.4, 0.5) is 0 Å². The quantitative estimate of drug-likeness (QED) is 0.748. The molecule has 94 valence electrons. The molecule has 1 aromatic heterocycles. The predicted molar refractivity (Wildman–Crippen MR) is 77.4 cm³/mol. The Balaban J connectivity index is 2.08. The van der Waals surface area contributed by atoms with Crippen molar-refractivity contribution in [2.24, 2.45) is 0 Å². The van der Waals surface area contributed by atoms with E-state index in [1.807, 2.05) is 49.5 Å². The minimum absolute atomic E-state index is 0.353. The highest BCUT2D eigenvalue weighted by Crippen LogP contribution is 2.25. The van der Waals surface area contributed by atoms with Crippen LogP contribution in [0.1, 0.15) is 16.7 Å². The molecule has 2 nitrogen and oxygen atoms in total. The molecule has 0 aliphatic heterocycles. The molecule has 0 unspecified atom stereocenters. The predicted octanol–water partition coefficient (Wildman–Crippen LogP) is 3.84. The zero-order valence-electron chi connectivity index (χ0n) is 10.8. The third-order valence-corrected chi connectivity index (χ3v) is 3.36. The number of aromatic nitrogens is 1. The van der Waals surface area contributed by atoms with Crippen molar-refractivity contribution in [2.75, 3.05) is 0 Å². The van der Waals surface area contributed by atoms with Crippen LogP contribution in [-0.4, -0.2) is 10.1 Å². The number of nitrogens with zero attached hydrogens (tertiary/aromatic N) is 1. The lowest BCUT2D eigenvalue weighted by Gasteiger charge is -2.08. The van der Waals surface area contributed by atoms with Gasteiger partial charge in [-0.3, -0.25) is 4.98 Å². The van der Waals surface area contributed by atoms with Gasteiger partial charge in [0.2, 0.25) is 0 Å². The molecular weight excluding hydrogens is 234 g/mol. The highest BCUT2D eigenvalue weighted by atomic mass is 16.3. The third kappa shape index (κ3) is 2.29. The molecule has 0 atom stereocenters. The molecule has 2 heteroatoms. The van der Waals surface area contributed by atoms with Crippen molar-refractivity contribution in [3.05, 3.63) is 71.4 Å². The molecule has 19 heavy (non-hydrogen) atoms. The van der Waals surface area contributed by atoms with Crippen molar-refractivity contribution in [1.29, 1.82) is 0 Å². The van der Waals surface area contributed by atoms with Crippen LogP contribution < -0.4 is 0 Å². The smallest absolute Gasteiger partial charge is 0.119 e. The molecule has 0 saturated carbocycles. The fourth-order valence-corrected chi connectivity index (χ4v) is 2.37. The minimum Gasteiger partial charge on any atom is -0.508 e. The van der Waals surface area contributed by atoms with Gasteiger partial charge in [0.1, 0.15) is 5.75 Å². The fourth-order valence-electron chi connectivity index (χ4n) is 2.37. The number of pyridine rings is 1. The maximum absolute atomic E-state index is 9.95. The van der Waals surface area contributed by atoms with Crippen LogP contribution in [0, 0.1) is 6.92 Å². The Kier molecular flexibility index (Phi) is 2.92. The molecule has 0 spiro atoms. The number of benzene rings is 2. The summed E-state index contributed by atoms with van der Waals surface area (Å²) in [5, 5.41) is 11.1. The first-order valence-corrected chi connectivity index (χ1v) is 6.35. The maximum Gasteiger partial charge on any atom is 0.119 e. The number of hydrogen-bond acceptors (Lipinski definition) is 2. The van der Waals surface area contributed by atoms with Crippen LogP contribution >= 0.6 is 0 Å². The van der Waals surface area contributed by atoms with Crippen molar-refractivity contribution >= 4 is 10.9 Å². The number of phenols is 1. The summed E-state index contributed by atoms with van der Waals surface area (Å²) in [4.78, 5) is 4.36. The zero-order valence-corrected chi connectivity index (χ0v) is 10.8. The highest BCUT2D eigenvalue weighted by Gasteiger charge is 2.06. The summed E-state index contributed by atoms with van der Waals surface area (Å²) in [6.45, 7) is 2.04. The van der Waals surface area contributed by atoms with Gasteiger partial charge in [-0.2, -0.15) is 0 Å². The van der Waals surface area contributed by atoms with Crippen LogP contribution in [0.3, 0.4) is 0 Å². The average molecular weight is 249 g/mol. The van der Waals surface area contributed by atoms with Gasteiger partial charge in [-0.15, -0.1) is 0 Å². The topological polar surface area (TPSA) is 33.1 Å². The molecular formula is C17H15NO. The molecule has 0 aliphatic carbocycles. The lowest BCUT2D eigenvalue weighted by atomic mass is 9.99. The van der Waals surface area contributed by atoms with E-state index in [4.69, 9.17) is 0 Å². The van der Waals surface area contributed by atoms with E-state index in [9.17, 15) is 5.11 Å². The maximum atomic E-state index is 9.95. The van der Waals surface area contributed by atoms with Gasteiger partial charge in [0, 0.05) is 18.0 Å². The van der Waals surface area contributed by atoms with Crippen LogP contribution in [0.25, 0.3) is 10.9 Å². The van der Waals surface area contributed by atoms with Crippen molar-refractivity contribution in [3.8, 4) is 5.75 Å². The lowest BCUT2D eigenvalue weighted by molar-refractivity contribution is 0.469. The van der Waals surface area contributed by atoms with E-state index in [0.29, 0.717) is 5.75 Å². The van der Waals surface area contributed by atoms with E-state index in [1.54, 1.807) is 6.07 Å². The van der Waals surface area contributed by atoms with Gasteiger partial charge < -0.3 is 5.11 Å². The van der Waals surface area contributed by atoms with Gasteiger partial charge in [-0.1, -0.05) is 35.9 Å². The number of rotatable bonds is 2. The van der Waals surface area contributed by atoms with Crippen LogP contribution in [0.15, 0.2) is 54.7 Å². The van der Waals surface area contributed by atoms with Crippen molar-refractivity contribution in [1.82, 2.24) is 4.98 Å². The Morgan fingerprint density at radius 2 is 1.84 bits per heavy atom. The second-order valence-corrected chi connectivity index (χ2v) is 4.80. The zero-order chi connectivity index (χ0) is 13.2. The number of hydrogen-bond donors (Lipinski definition) is 1. The molecule has 2 aromatic carbocycles. The highest BCUT2D eigenvalue weighted by molar-refractivity contribution is 5.82. The van der Waals surface area contributed by atoms with Crippen LogP contribution in [0.5, 0.6) is 5.75 Å². The number of aryl methyl sites for hydroxylation is 1. The van der Waals surface area contributed by atoms with Gasteiger partial charge in [0.05, 0.1) is 5.52 Å². The summed E-state index contributed by atoms with van der Waals surface area (Å²) in [7, 11) is 0. The van der Waals surface area contributed by atoms with Crippen LogP contribution in [-0.2, 0) is 6.42 Å². The summed E-state index contributed by atoms with van der Waals surface area (Å²) < 4.78 is 0. The first kappa shape index (κ1) is 11.7. The third-order valence-electron chi connectivity index (χ3n) is 3.36. The van der Waals surface area contributed by atoms with Gasteiger partial charge >= 0.3 is 0 Å². The van der Waals surface area contributed by atoms with Crippen molar-refractivity contribution in [2.45, 2.75) is 13.3 Å². The van der Waals surface area contributed by atoms with E-state index in [0.717, 1.165) is 28.5 Å². The monoisotopic (exact) mass is 249 g/mol. The molecule has 3 aromatic rings. The first-order valence-electron chi connectivity index (χ1n) is 6.35. The summed E-state index contributed by atoms with van der Waals surface area (Å²) in [5.74, 6) is 0.353. The normalized spacial score (nSPS) is 10.8. The fraction of sp³-hybridized carbons (Fsp3) is 0.118. The summed E-state index contributed by atoms with van der Waals surface area (Å²) in [6, 6.07) is 15.8. The Morgan fingerprint density at radius 3 is 2.74 bits per heavy atom. The molecule has 1 N–H and O–H groups in total. The van der Waals surface area contributed by atoms with E-state index in [-0.39, 0.29) is 0 Å². The molecule has 0 fully saturated rings. The molecule has 0 amide bonds. The summed E-state index contributed by atoms with van der Waals surface area (Å²) in [6.07, 6.45) is 2.54. The number of para-hydroxylation sites is 1. The van der Waals surface area contributed by atoms with Crippen molar-refractivity contribution in [3.63, 3.8) is 0 Å². The number of aromatic hydroxyl groups is 1. The van der Waals surface area contributed by atoms with E-state index in [1.165, 1.54) is 5.56 Å². The van der Waals surface area contributed by atoms with Crippen molar-refractivity contribution < 1.29 is 5.11 Å². The first-order chi connectivity index (χ1) is 9.24.